The zero-order chi connectivity index (χ0) is 15.1. The molecular formula is C15H13N4O2+. The molecule has 1 aromatic heterocycles. The molecule has 0 aliphatic heterocycles. The highest BCUT2D eigenvalue weighted by Crippen LogP contribution is 2.01. The predicted octanol–water partition coefficient (Wildman–Crippen LogP) is 2.35. The molecule has 2 rings (SSSR count). The Bertz CT molecular complexity index is 707. The van der Waals surface area contributed by atoms with E-state index < -0.39 is 0 Å². The highest BCUT2D eigenvalue weighted by Gasteiger charge is 2.20. The Hall–Kier alpha value is -2.98. The summed E-state index contributed by atoms with van der Waals surface area (Å²) >= 11 is 0. The lowest BCUT2D eigenvalue weighted by molar-refractivity contribution is -0.685. The number of azide groups is 1. The number of hydrogen-bond acceptors (Lipinski definition) is 3. The Kier molecular flexibility index (Phi) is 4.79. The molecule has 0 N–H and O–H groups in total. The molecule has 0 saturated heterocycles. The average molecular weight is 281 g/mol. The zero-order valence-electron chi connectivity index (χ0n) is 11.2. The van der Waals surface area contributed by atoms with Crippen LogP contribution in [0.5, 0.6) is 0 Å². The zero-order valence-corrected chi connectivity index (χ0v) is 11.2. The average Bonchev–Trinajstić information content (AvgIpc) is 2.54. The third-order valence-electron chi connectivity index (χ3n) is 2.91. The summed E-state index contributed by atoms with van der Waals surface area (Å²) in [6.07, 6.45) is 1.66. The van der Waals surface area contributed by atoms with Gasteiger partial charge in [-0.1, -0.05) is 35.4 Å². The van der Waals surface area contributed by atoms with Crippen LogP contribution in [0, 0.1) is 0 Å². The topological polar surface area (TPSA) is 86.8 Å². The number of ketones is 2. The van der Waals surface area contributed by atoms with Crippen molar-refractivity contribution in [2.45, 2.75) is 6.54 Å². The number of Topliss-reactive ketones (excluding diaryl/α,β-unsaturated/α-hetero) is 2. The Labute approximate surface area is 121 Å². The van der Waals surface area contributed by atoms with Crippen molar-refractivity contribution in [1.82, 2.24) is 0 Å². The monoisotopic (exact) mass is 281 g/mol. The van der Waals surface area contributed by atoms with Gasteiger partial charge in [-0.05, 0) is 11.6 Å². The number of aromatic nitrogens is 1. The molecule has 0 saturated carbocycles. The number of rotatable bonds is 6. The SMILES string of the molecule is [N-]=[N+]=NCC(=O)c1cccc[n+]1CC(=O)c1ccccc1. The fraction of sp³-hybridized carbons (Fsp3) is 0.133. The molecule has 1 aromatic carbocycles. The molecule has 0 radical (unpaired) electrons. The summed E-state index contributed by atoms with van der Waals surface area (Å²) in [5.74, 6) is -0.418. The standard InChI is InChI=1S/C15H13N4O2/c16-18-17-10-14(20)13-8-4-5-9-19(13)11-15(21)12-6-2-1-3-7-12/h1-9H,10-11H2/q+1. The van der Waals surface area contributed by atoms with Crippen LogP contribution in [-0.2, 0) is 6.54 Å². The van der Waals surface area contributed by atoms with E-state index in [1.807, 2.05) is 6.07 Å². The lowest BCUT2D eigenvalue weighted by Crippen LogP contribution is -2.43. The van der Waals surface area contributed by atoms with Gasteiger partial charge in [0.25, 0.3) is 0 Å². The lowest BCUT2D eigenvalue weighted by Gasteiger charge is -2.02. The van der Waals surface area contributed by atoms with E-state index in [4.69, 9.17) is 5.53 Å². The van der Waals surface area contributed by atoms with E-state index in [1.165, 1.54) is 0 Å². The van der Waals surface area contributed by atoms with E-state index >= 15 is 0 Å². The Balaban J connectivity index is 2.22. The van der Waals surface area contributed by atoms with E-state index in [0.717, 1.165) is 0 Å². The summed E-state index contributed by atoms with van der Waals surface area (Å²) in [6.45, 7) is -0.206. The van der Waals surface area contributed by atoms with Crippen LogP contribution in [0.3, 0.4) is 0 Å². The van der Waals surface area contributed by atoms with Crippen LogP contribution in [0.4, 0.5) is 0 Å². The second-order valence-electron chi connectivity index (χ2n) is 4.32. The second-order valence-corrected chi connectivity index (χ2v) is 4.32. The van der Waals surface area contributed by atoms with Crippen LogP contribution in [0.1, 0.15) is 20.8 Å². The van der Waals surface area contributed by atoms with Gasteiger partial charge in [0.1, 0.15) is 0 Å². The minimum Gasteiger partial charge on any atom is -0.287 e. The Morgan fingerprint density at radius 1 is 1.05 bits per heavy atom. The molecule has 104 valence electrons. The molecule has 2 aromatic rings. The van der Waals surface area contributed by atoms with Gasteiger partial charge in [-0.2, -0.15) is 4.57 Å². The third kappa shape index (κ3) is 3.75. The maximum atomic E-state index is 12.2. The van der Waals surface area contributed by atoms with Crippen LogP contribution in [0.2, 0.25) is 0 Å². The van der Waals surface area contributed by atoms with Crippen molar-refractivity contribution in [3.63, 3.8) is 0 Å². The summed E-state index contributed by atoms with van der Waals surface area (Å²) in [5, 5.41) is 3.26. The van der Waals surface area contributed by atoms with E-state index in [2.05, 4.69) is 10.0 Å². The van der Waals surface area contributed by atoms with Crippen molar-refractivity contribution in [2.75, 3.05) is 6.54 Å². The van der Waals surface area contributed by atoms with Crippen molar-refractivity contribution in [3.8, 4) is 0 Å². The first-order valence-electron chi connectivity index (χ1n) is 6.33. The number of pyridine rings is 1. The number of carbonyl (C=O) groups is 2. The highest BCUT2D eigenvalue weighted by molar-refractivity contribution is 5.96. The molecule has 0 aliphatic carbocycles. The molecule has 0 spiro atoms. The molecule has 21 heavy (non-hydrogen) atoms. The smallest absolute Gasteiger partial charge is 0.249 e. The largest absolute Gasteiger partial charge is 0.287 e. The number of hydrogen-bond donors (Lipinski definition) is 0. The van der Waals surface area contributed by atoms with Crippen molar-refractivity contribution >= 4 is 11.6 Å². The molecular weight excluding hydrogens is 268 g/mol. The Morgan fingerprint density at radius 3 is 2.48 bits per heavy atom. The summed E-state index contributed by atoms with van der Waals surface area (Å²) < 4.78 is 1.56. The van der Waals surface area contributed by atoms with Crippen molar-refractivity contribution in [2.24, 2.45) is 5.11 Å². The third-order valence-corrected chi connectivity index (χ3v) is 2.91. The molecule has 0 unspecified atom stereocenters. The van der Waals surface area contributed by atoms with E-state index in [9.17, 15) is 9.59 Å². The van der Waals surface area contributed by atoms with Crippen molar-refractivity contribution < 1.29 is 14.2 Å². The first-order valence-corrected chi connectivity index (χ1v) is 6.33. The van der Waals surface area contributed by atoms with Crippen LogP contribution in [0.15, 0.2) is 59.8 Å². The second kappa shape index (κ2) is 6.98. The maximum absolute atomic E-state index is 12.2. The molecule has 6 heteroatoms. The minimum absolute atomic E-state index is 0.0577. The fourth-order valence-electron chi connectivity index (χ4n) is 1.91. The van der Waals surface area contributed by atoms with Crippen molar-refractivity contribution in [3.05, 3.63) is 76.4 Å². The molecule has 1 heterocycles. The van der Waals surface area contributed by atoms with Gasteiger partial charge >= 0.3 is 0 Å². The molecule has 0 amide bonds. The fourth-order valence-corrected chi connectivity index (χ4v) is 1.91. The quantitative estimate of drug-likeness (QED) is 0.267. The van der Waals surface area contributed by atoms with Crippen LogP contribution in [0.25, 0.3) is 10.4 Å². The minimum atomic E-state index is -0.325. The summed E-state index contributed by atoms with van der Waals surface area (Å²) in [4.78, 5) is 26.7. The van der Waals surface area contributed by atoms with E-state index in [-0.39, 0.29) is 24.7 Å². The summed E-state index contributed by atoms with van der Waals surface area (Å²) in [5.41, 5.74) is 9.20. The molecule has 6 nitrogen and oxygen atoms in total. The highest BCUT2D eigenvalue weighted by atomic mass is 16.1. The first kappa shape index (κ1) is 14.4. The number of nitrogens with zero attached hydrogens (tertiary/aromatic N) is 4. The van der Waals surface area contributed by atoms with Gasteiger partial charge in [0.15, 0.2) is 6.20 Å². The summed E-state index contributed by atoms with van der Waals surface area (Å²) in [6, 6.07) is 13.9. The summed E-state index contributed by atoms with van der Waals surface area (Å²) in [7, 11) is 0. The van der Waals surface area contributed by atoms with Gasteiger partial charge in [0.2, 0.25) is 23.8 Å². The van der Waals surface area contributed by atoms with Gasteiger partial charge in [-0.15, -0.1) is 0 Å². The molecule has 0 atom stereocenters. The lowest BCUT2D eigenvalue weighted by atomic mass is 10.1. The molecule has 0 bridgehead atoms. The predicted molar refractivity (Wildman–Crippen MR) is 75.8 cm³/mol. The normalized spacial score (nSPS) is 9.71. The number of benzene rings is 1. The van der Waals surface area contributed by atoms with Crippen LogP contribution in [-0.4, -0.2) is 18.1 Å². The van der Waals surface area contributed by atoms with Crippen LogP contribution < -0.4 is 4.57 Å². The van der Waals surface area contributed by atoms with Gasteiger partial charge in [0.05, 0.1) is 6.54 Å². The van der Waals surface area contributed by atoms with Gasteiger partial charge in [0, 0.05) is 22.6 Å². The Morgan fingerprint density at radius 2 is 1.76 bits per heavy atom. The van der Waals surface area contributed by atoms with Crippen molar-refractivity contribution in [1.29, 1.82) is 0 Å². The van der Waals surface area contributed by atoms with E-state index in [1.54, 1.807) is 53.2 Å². The van der Waals surface area contributed by atoms with E-state index in [0.29, 0.717) is 11.3 Å². The first-order chi connectivity index (χ1) is 10.2. The van der Waals surface area contributed by atoms with Gasteiger partial charge in [-0.3, -0.25) is 9.59 Å². The molecule has 0 aliphatic rings. The van der Waals surface area contributed by atoms with Gasteiger partial charge < -0.3 is 0 Å². The van der Waals surface area contributed by atoms with Gasteiger partial charge in [-0.25, -0.2) is 0 Å². The number of carbonyl (C=O) groups excluding carboxylic acids is 2. The van der Waals surface area contributed by atoms with Crippen LogP contribution >= 0.6 is 0 Å². The maximum Gasteiger partial charge on any atom is 0.249 e. The molecule has 0 fully saturated rings.